The fourth-order valence-corrected chi connectivity index (χ4v) is 5.24. The summed E-state index contributed by atoms with van der Waals surface area (Å²) >= 11 is 0. The van der Waals surface area contributed by atoms with Crippen molar-refractivity contribution in [1.82, 2.24) is 10.6 Å². The van der Waals surface area contributed by atoms with Crippen molar-refractivity contribution in [3.8, 4) is 0 Å². The molecule has 226 valence electrons. The van der Waals surface area contributed by atoms with E-state index in [9.17, 15) is 20.4 Å². The van der Waals surface area contributed by atoms with Gasteiger partial charge in [0.1, 0.15) is 41.8 Å². The summed E-state index contributed by atoms with van der Waals surface area (Å²) in [6, 6.07) is -2.66. The molecule has 39 heavy (non-hydrogen) atoms. The van der Waals surface area contributed by atoms with Crippen LogP contribution in [0.2, 0.25) is 0 Å². The first-order chi connectivity index (χ1) is 18.4. The van der Waals surface area contributed by atoms with Gasteiger partial charge in [0.25, 0.3) is 0 Å². The van der Waals surface area contributed by atoms with E-state index in [0.717, 1.165) is 0 Å². The van der Waals surface area contributed by atoms with Crippen LogP contribution in [-0.2, 0) is 18.9 Å². The summed E-state index contributed by atoms with van der Waals surface area (Å²) in [5, 5.41) is 49.1. The van der Waals surface area contributed by atoms with Gasteiger partial charge in [0.05, 0.1) is 25.3 Å². The van der Waals surface area contributed by atoms with E-state index < -0.39 is 72.9 Å². The molecule has 0 radical (unpaired) electrons. The number of aliphatic hydroxyl groups excluding tert-OH is 3. The maximum atomic E-state index is 11.5. The minimum atomic E-state index is -1.36. The molecule has 2 heterocycles. The van der Waals surface area contributed by atoms with E-state index in [4.69, 9.17) is 47.6 Å². The van der Waals surface area contributed by atoms with Crippen molar-refractivity contribution in [1.29, 1.82) is 0 Å². The molecule has 1 saturated carbocycles. The quantitative estimate of drug-likeness (QED) is 0.0826. The van der Waals surface area contributed by atoms with Crippen LogP contribution in [0.3, 0.4) is 0 Å². The monoisotopic (exact) mass is 562 g/mol. The Morgan fingerprint density at radius 1 is 1.21 bits per heavy atom. The zero-order valence-electron chi connectivity index (χ0n) is 22.4. The molecule has 1 saturated heterocycles. The number of nitrogens with two attached hydrogens (primary N) is 5. The zero-order chi connectivity index (χ0) is 28.9. The summed E-state index contributed by atoms with van der Waals surface area (Å²) in [6.45, 7) is 1.67. The van der Waals surface area contributed by atoms with Crippen LogP contribution in [0.15, 0.2) is 16.8 Å². The minimum Gasteiger partial charge on any atom is -0.466 e. The van der Waals surface area contributed by atoms with E-state index >= 15 is 0 Å². The Hall–Kier alpha value is -1.67. The summed E-state index contributed by atoms with van der Waals surface area (Å²) in [4.78, 5) is 4.18. The van der Waals surface area contributed by atoms with E-state index in [1.807, 2.05) is 0 Å². The molecule has 0 aromatic heterocycles. The van der Waals surface area contributed by atoms with Gasteiger partial charge in [-0.3, -0.25) is 0 Å². The highest BCUT2D eigenvalue weighted by Gasteiger charge is 2.51. The first kappa shape index (κ1) is 31.9. The third-order valence-corrected chi connectivity index (χ3v) is 7.31. The molecule has 16 nitrogen and oxygen atoms in total. The number of guanidine groups is 1. The normalized spacial score (nSPS) is 41.8. The van der Waals surface area contributed by atoms with Crippen molar-refractivity contribution in [3.05, 3.63) is 11.8 Å². The van der Waals surface area contributed by atoms with Crippen LogP contribution in [-0.4, -0.2) is 133 Å². The van der Waals surface area contributed by atoms with Crippen LogP contribution >= 0.6 is 0 Å². The molecule has 0 bridgehead atoms. The SMILES string of the molecule is CNC1C(O)C(OC2C(NCC(O)CN)CC(N)C(OC3OC(CN)=CCC3N=C(N)N)C2O)OCC1(C)O. The third-order valence-electron chi connectivity index (χ3n) is 7.31. The van der Waals surface area contributed by atoms with Crippen LogP contribution in [0.5, 0.6) is 0 Å². The summed E-state index contributed by atoms with van der Waals surface area (Å²) in [5.74, 6) is 0.325. The zero-order valence-corrected chi connectivity index (χ0v) is 22.4. The number of rotatable bonds is 11. The highest BCUT2D eigenvalue weighted by atomic mass is 16.7. The maximum absolute atomic E-state index is 11.5. The van der Waals surface area contributed by atoms with Crippen LogP contribution < -0.4 is 39.3 Å². The molecule has 2 aliphatic heterocycles. The van der Waals surface area contributed by atoms with Gasteiger partial charge >= 0.3 is 0 Å². The predicted molar refractivity (Wildman–Crippen MR) is 141 cm³/mol. The van der Waals surface area contributed by atoms with Crippen molar-refractivity contribution in [2.75, 3.05) is 33.3 Å². The Morgan fingerprint density at radius 3 is 2.51 bits per heavy atom. The Morgan fingerprint density at radius 2 is 1.90 bits per heavy atom. The molecule has 0 spiro atoms. The van der Waals surface area contributed by atoms with E-state index in [0.29, 0.717) is 12.2 Å². The lowest BCUT2D eigenvalue weighted by Crippen LogP contribution is -2.69. The number of nitrogens with one attached hydrogen (secondary N) is 2. The number of ether oxygens (including phenoxy) is 4. The first-order valence-corrected chi connectivity index (χ1v) is 13.1. The lowest BCUT2D eigenvalue weighted by Gasteiger charge is -2.49. The van der Waals surface area contributed by atoms with Gasteiger partial charge in [0.2, 0.25) is 6.29 Å². The molecule has 2 fully saturated rings. The largest absolute Gasteiger partial charge is 0.466 e. The fraction of sp³-hybridized carbons (Fsp3) is 0.870. The van der Waals surface area contributed by atoms with Crippen molar-refractivity contribution < 1.29 is 39.4 Å². The van der Waals surface area contributed by atoms with Gasteiger partial charge < -0.3 is 78.7 Å². The van der Waals surface area contributed by atoms with Crippen LogP contribution in [0.25, 0.3) is 0 Å². The summed E-state index contributed by atoms with van der Waals surface area (Å²) in [6.07, 6.45) is -5.28. The van der Waals surface area contributed by atoms with Crippen molar-refractivity contribution in [2.45, 2.75) is 92.6 Å². The second-order valence-corrected chi connectivity index (χ2v) is 10.5. The highest BCUT2D eigenvalue weighted by molar-refractivity contribution is 5.75. The number of nitrogens with zero attached hydrogens (tertiary/aromatic N) is 1. The van der Waals surface area contributed by atoms with E-state index in [-0.39, 0.29) is 38.6 Å². The number of hydrogen-bond donors (Lipinski definition) is 11. The highest BCUT2D eigenvalue weighted by Crippen LogP contribution is 2.32. The molecule has 16 N–H and O–H groups in total. The second kappa shape index (κ2) is 13.8. The molecule has 3 aliphatic rings. The molecular formula is C23H46N8O8. The second-order valence-electron chi connectivity index (χ2n) is 10.5. The molecule has 12 atom stereocenters. The van der Waals surface area contributed by atoms with Crippen molar-refractivity contribution >= 4 is 5.96 Å². The standard InChI is InChI=1S/C23H46N8O8/c1-23(35)9-36-21(16(34)19(23)29-2)39-18-14(30-8-10(32)6-24)5-12(26)17(15(18)33)38-20-13(31-22(27)28)4-3-11(7-25)37-20/h3,10,12-21,29-30,32-35H,4-9,24-26H2,1-2H3,(H4,27,28,31). The van der Waals surface area contributed by atoms with Gasteiger partial charge in [0, 0.05) is 25.2 Å². The van der Waals surface area contributed by atoms with Crippen molar-refractivity contribution in [3.63, 3.8) is 0 Å². The lowest BCUT2D eigenvalue weighted by molar-refractivity contribution is -0.304. The summed E-state index contributed by atoms with van der Waals surface area (Å²) in [7, 11) is 1.60. The average Bonchev–Trinajstić information content (AvgIpc) is 2.88. The maximum Gasteiger partial charge on any atom is 0.222 e. The molecule has 1 aliphatic carbocycles. The Bertz CT molecular complexity index is 847. The third kappa shape index (κ3) is 7.75. The minimum absolute atomic E-state index is 0.0250. The van der Waals surface area contributed by atoms with Gasteiger partial charge in [0.15, 0.2) is 12.2 Å². The Kier molecular flexibility index (Phi) is 11.3. The Labute approximate surface area is 227 Å². The molecule has 0 aromatic carbocycles. The summed E-state index contributed by atoms with van der Waals surface area (Å²) < 4.78 is 23.8. The van der Waals surface area contributed by atoms with Gasteiger partial charge in [-0.1, -0.05) is 0 Å². The van der Waals surface area contributed by atoms with Gasteiger partial charge in [-0.05, 0) is 32.9 Å². The molecule has 12 unspecified atom stereocenters. The lowest BCUT2D eigenvalue weighted by atomic mass is 9.83. The molecule has 3 rings (SSSR count). The predicted octanol–water partition coefficient (Wildman–Crippen LogP) is -5.59. The van der Waals surface area contributed by atoms with Crippen LogP contribution in [0.4, 0.5) is 0 Å². The van der Waals surface area contributed by atoms with Crippen LogP contribution in [0, 0.1) is 0 Å². The van der Waals surface area contributed by atoms with Crippen molar-refractivity contribution in [2.24, 2.45) is 33.7 Å². The van der Waals surface area contributed by atoms with Gasteiger partial charge in [-0.2, -0.15) is 0 Å². The molecule has 16 heteroatoms. The smallest absolute Gasteiger partial charge is 0.222 e. The van der Waals surface area contributed by atoms with Gasteiger partial charge in [-0.25, -0.2) is 4.99 Å². The van der Waals surface area contributed by atoms with E-state index in [1.54, 1.807) is 13.1 Å². The number of likely N-dealkylation sites (N-methyl/N-ethyl adjacent to an activating group) is 1. The average molecular weight is 563 g/mol. The number of aliphatic hydroxyl groups is 4. The van der Waals surface area contributed by atoms with E-state index in [1.165, 1.54) is 6.92 Å². The molecular weight excluding hydrogens is 516 g/mol. The number of hydrogen-bond acceptors (Lipinski definition) is 14. The number of aliphatic imine (C=N–C) groups is 1. The van der Waals surface area contributed by atoms with Crippen LogP contribution in [0.1, 0.15) is 19.8 Å². The summed E-state index contributed by atoms with van der Waals surface area (Å²) in [5.41, 5.74) is 27.6. The topological polar surface area (TPSA) is 284 Å². The van der Waals surface area contributed by atoms with Gasteiger partial charge in [-0.15, -0.1) is 0 Å². The fourth-order valence-electron chi connectivity index (χ4n) is 5.24. The Balaban J connectivity index is 1.83. The molecule has 0 amide bonds. The molecule has 0 aromatic rings. The van der Waals surface area contributed by atoms with E-state index in [2.05, 4.69) is 15.6 Å². The first-order valence-electron chi connectivity index (χ1n) is 13.1.